The lowest BCUT2D eigenvalue weighted by molar-refractivity contribution is 0.0982. The normalized spacial score (nSPS) is 14.8. The minimum atomic E-state index is -4.04. The van der Waals surface area contributed by atoms with Gasteiger partial charge in [0, 0.05) is 41.7 Å². The highest BCUT2D eigenvalue weighted by molar-refractivity contribution is 7.92. The van der Waals surface area contributed by atoms with E-state index in [4.69, 9.17) is 9.84 Å². The molecule has 0 atom stereocenters. The summed E-state index contributed by atoms with van der Waals surface area (Å²) in [7, 11) is -2.63. The van der Waals surface area contributed by atoms with Gasteiger partial charge < -0.3 is 4.74 Å². The molecule has 0 unspecified atom stereocenters. The van der Waals surface area contributed by atoms with Gasteiger partial charge in [-0.3, -0.25) is 14.5 Å². The SMILES string of the molecule is COc1ncc2cc1NS(=O)(=O)c1cccc(c1)C(=O)CCc1cncc(c1)-c1cnc3sc-2nn13. The number of nitrogens with zero attached hydrogens (tertiary/aromatic N) is 5. The summed E-state index contributed by atoms with van der Waals surface area (Å²) in [5.74, 6) is -0.0652. The van der Waals surface area contributed by atoms with Crippen LogP contribution in [0.3, 0.4) is 0 Å². The Kier molecular flexibility index (Phi) is 5.27. The number of anilines is 1. The summed E-state index contributed by atoms with van der Waals surface area (Å²) in [6.07, 6.45) is 7.39. The molecule has 8 bridgehead atoms. The minimum Gasteiger partial charge on any atom is -0.480 e. The fourth-order valence-corrected chi connectivity index (χ4v) is 5.97. The van der Waals surface area contributed by atoms with Crippen molar-refractivity contribution in [3.8, 4) is 27.7 Å². The monoisotopic (exact) mass is 518 g/mol. The standard InChI is InChI=1S/C24H18N6O4S2/c1-34-22-19-9-17(12-26-22)23-28-30-20(13-27-24(30)35-23)16-7-14(10-25-11-16)5-6-21(31)15-3-2-4-18(8-15)36(32,33)29-19/h2-4,7-13,29H,5-6H2,1H3. The molecule has 0 spiro atoms. The molecule has 36 heavy (non-hydrogen) atoms. The van der Waals surface area contributed by atoms with Crippen LogP contribution in [0.4, 0.5) is 5.69 Å². The number of imidazole rings is 1. The number of carbonyl (C=O) groups excluding carboxylic acids is 1. The van der Waals surface area contributed by atoms with Gasteiger partial charge in [0.25, 0.3) is 10.0 Å². The van der Waals surface area contributed by atoms with E-state index in [1.54, 1.807) is 47.5 Å². The van der Waals surface area contributed by atoms with Crippen LogP contribution in [0.15, 0.2) is 66.1 Å². The molecule has 10 nitrogen and oxygen atoms in total. The fraction of sp³-hybridized carbons (Fsp3) is 0.125. The Balaban J connectivity index is 1.56. The van der Waals surface area contributed by atoms with Gasteiger partial charge in [0.15, 0.2) is 5.78 Å². The number of sulfonamides is 1. The highest BCUT2D eigenvalue weighted by Crippen LogP contribution is 2.34. The average Bonchev–Trinajstić information content (AvgIpc) is 3.48. The predicted octanol–water partition coefficient (Wildman–Crippen LogP) is 3.85. The molecule has 5 heterocycles. The van der Waals surface area contributed by atoms with Crippen molar-refractivity contribution < 1.29 is 17.9 Å². The molecular weight excluding hydrogens is 500 g/mol. The van der Waals surface area contributed by atoms with Gasteiger partial charge in [-0.2, -0.15) is 5.10 Å². The molecule has 1 aromatic carbocycles. The Morgan fingerprint density at radius 1 is 1.00 bits per heavy atom. The first-order valence-electron chi connectivity index (χ1n) is 10.9. The van der Waals surface area contributed by atoms with Crippen molar-refractivity contribution in [1.82, 2.24) is 24.6 Å². The van der Waals surface area contributed by atoms with Crippen LogP contribution in [0.1, 0.15) is 22.3 Å². The number of hydrogen-bond acceptors (Lipinski definition) is 9. The van der Waals surface area contributed by atoms with E-state index < -0.39 is 10.0 Å². The third kappa shape index (κ3) is 3.89. The number of benzene rings is 1. The van der Waals surface area contributed by atoms with Crippen molar-refractivity contribution in [3.05, 3.63) is 72.3 Å². The largest absolute Gasteiger partial charge is 0.480 e. The Hall–Kier alpha value is -4.16. The minimum absolute atomic E-state index is 0.0389. The quantitative estimate of drug-likeness (QED) is 0.354. The van der Waals surface area contributed by atoms with Crippen LogP contribution in [-0.2, 0) is 16.4 Å². The second kappa shape index (κ2) is 8.50. The third-order valence-corrected chi connectivity index (χ3v) is 8.15. The number of carbonyl (C=O) groups is 1. The third-order valence-electron chi connectivity index (χ3n) is 5.82. The van der Waals surface area contributed by atoms with Crippen LogP contribution in [0.25, 0.3) is 26.8 Å². The van der Waals surface area contributed by atoms with Crippen molar-refractivity contribution in [3.63, 3.8) is 0 Å². The van der Waals surface area contributed by atoms with Crippen molar-refractivity contribution in [1.29, 1.82) is 0 Å². The van der Waals surface area contributed by atoms with Gasteiger partial charge >= 0.3 is 0 Å². The van der Waals surface area contributed by atoms with Crippen molar-refractivity contribution in [2.75, 3.05) is 11.8 Å². The van der Waals surface area contributed by atoms with Crippen LogP contribution in [0, 0.1) is 0 Å². The van der Waals surface area contributed by atoms with Crippen LogP contribution in [0.2, 0.25) is 0 Å². The zero-order valence-electron chi connectivity index (χ0n) is 18.9. The summed E-state index contributed by atoms with van der Waals surface area (Å²) in [5.41, 5.74) is 3.51. The molecule has 0 amide bonds. The topological polar surface area (TPSA) is 128 Å². The van der Waals surface area contributed by atoms with Crippen molar-refractivity contribution >= 4 is 37.8 Å². The number of aryl methyl sites for hydroxylation is 1. The van der Waals surface area contributed by atoms with Gasteiger partial charge in [0.2, 0.25) is 10.8 Å². The maximum absolute atomic E-state index is 13.2. The fourth-order valence-electron chi connectivity index (χ4n) is 4.02. The number of Topliss-reactive ketones (excluding diaryl/α,β-unsaturated/α-hetero) is 1. The van der Waals surface area contributed by atoms with E-state index in [1.807, 2.05) is 6.07 Å². The molecule has 0 saturated heterocycles. The number of rotatable bonds is 1. The van der Waals surface area contributed by atoms with Gasteiger partial charge in [-0.1, -0.05) is 23.5 Å². The Morgan fingerprint density at radius 3 is 2.75 bits per heavy atom. The van der Waals surface area contributed by atoms with Crippen LogP contribution < -0.4 is 9.46 Å². The van der Waals surface area contributed by atoms with Gasteiger partial charge in [-0.15, -0.1) is 0 Å². The first kappa shape index (κ1) is 22.3. The van der Waals surface area contributed by atoms with E-state index in [1.165, 1.54) is 30.6 Å². The first-order chi connectivity index (χ1) is 17.4. The number of aromatic nitrogens is 5. The maximum atomic E-state index is 13.2. The number of methoxy groups -OCH3 is 1. The number of ketones is 1. The lowest BCUT2D eigenvalue weighted by atomic mass is 10.0. The molecule has 0 radical (unpaired) electrons. The predicted molar refractivity (Wildman–Crippen MR) is 134 cm³/mol. The van der Waals surface area contributed by atoms with E-state index in [0.717, 1.165) is 16.8 Å². The Bertz CT molecular complexity index is 1760. The number of ether oxygens (including phenoxy) is 1. The maximum Gasteiger partial charge on any atom is 0.262 e. The van der Waals surface area contributed by atoms with Crippen LogP contribution in [0.5, 0.6) is 5.88 Å². The highest BCUT2D eigenvalue weighted by Gasteiger charge is 2.21. The molecule has 180 valence electrons. The molecule has 4 aromatic heterocycles. The first-order valence-corrected chi connectivity index (χ1v) is 13.2. The van der Waals surface area contributed by atoms with Crippen molar-refractivity contribution in [2.45, 2.75) is 17.7 Å². The molecule has 5 aromatic rings. The Morgan fingerprint density at radius 2 is 1.89 bits per heavy atom. The van der Waals surface area contributed by atoms with E-state index in [-0.39, 0.29) is 28.7 Å². The van der Waals surface area contributed by atoms with Gasteiger partial charge in [-0.05, 0) is 36.2 Å². The Labute approximate surface area is 209 Å². The summed E-state index contributed by atoms with van der Waals surface area (Å²) in [5, 5.41) is 5.30. The number of nitrogens with one attached hydrogen (secondary N) is 1. The second-order valence-corrected chi connectivity index (χ2v) is 10.8. The molecule has 1 N–H and O–H groups in total. The van der Waals surface area contributed by atoms with Gasteiger partial charge in [0.05, 0.1) is 23.9 Å². The summed E-state index contributed by atoms with van der Waals surface area (Å²) < 4.78 is 36.0. The molecule has 1 aliphatic heterocycles. The number of pyridine rings is 2. The van der Waals surface area contributed by atoms with Gasteiger partial charge in [-0.25, -0.2) is 22.9 Å². The molecule has 0 aliphatic carbocycles. The smallest absolute Gasteiger partial charge is 0.262 e. The van der Waals surface area contributed by atoms with Gasteiger partial charge in [0.1, 0.15) is 10.7 Å². The molecule has 1 aliphatic rings. The highest BCUT2D eigenvalue weighted by atomic mass is 32.2. The molecular formula is C24H18N6O4S2. The molecule has 0 saturated carbocycles. The zero-order chi connectivity index (χ0) is 24.9. The summed E-state index contributed by atoms with van der Waals surface area (Å²) >= 11 is 1.34. The van der Waals surface area contributed by atoms with Crippen LogP contribution in [-0.4, -0.2) is 45.9 Å². The van der Waals surface area contributed by atoms with E-state index >= 15 is 0 Å². The van der Waals surface area contributed by atoms with E-state index in [0.29, 0.717) is 27.5 Å². The van der Waals surface area contributed by atoms with Crippen LogP contribution >= 0.6 is 11.3 Å². The molecule has 12 heteroatoms. The number of hydrogen-bond donors (Lipinski definition) is 1. The summed E-state index contributed by atoms with van der Waals surface area (Å²) in [6, 6.07) is 9.55. The summed E-state index contributed by atoms with van der Waals surface area (Å²) in [6.45, 7) is 0. The lowest BCUT2D eigenvalue weighted by Gasteiger charge is -2.13. The second-order valence-electron chi connectivity index (χ2n) is 8.16. The summed E-state index contributed by atoms with van der Waals surface area (Å²) in [4.78, 5) is 26.7. The van der Waals surface area contributed by atoms with E-state index in [9.17, 15) is 13.2 Å². The van der Waals surface area contributed by atoms with E-state index in [2.05, 4.69) is 19.7 Å². The lowest BCUT2D eigenvalue weighted by Crippen LogP contribution is -2.15. The van der Waals surface area contributed by atoms with Crippen molar-refractivity contribution in [2.24, 2.45) is 0 Å². The number of fused-ring (bicyclic) bond motifs is 9. The zero-order valence-corrected chi connectivity index (χ0v) is 20.5. The average molecular weight is 519 g/mol. The molecule has 6 rings (SSSR count). The molecule has 0 fully saturated rings.